The Bertz CT molecular complexity index is 594. The molecule has 0 radical (unpaired) electrons. The van der Waals surface area contributed by atoms with Crippen molar-refractivity contribution in [3.8, 4) is 0 Å². The summed E-state index contributed by atoms with van der Waals surface area (Å²) in [7, 11) is 0. The van der Waals surface area contributed by atoms with E-state index in [1.807, 2.05) is 6.92 Å². The number of rotatable bonds is 5. The zero-order chi connectivity index (χ0) is 20.5. The van der Waals surface area contributed by atoms with Crippen molar-refractivity contribution in [1.29, 1.82) is 0 Å². The number of hydrogen-bond acceptors (Lipinski definition) is 3. The minimum Gasteiger partial charge on any atom is -0.396 e. The molecule has 3 aliphatic carbocycles. The van der Waals surface area contributed by atoms with Gasteiger partial charge < -0.3 is 20.8 Å². The number of nitrogens with one attached hydrogen (secondary N) is 2. The van der Waals surface area contributed by atoms with E-state index in [9.17, 15) is 15.0 Å². The topological polar surface area (TPSA) is 81.6 Å². The van der Waals surface area contributed by atoms with Crippen LogP contribution in [0.15, 0.2) is 12.2 Å². The van der Waals surface area contributed by atoms with Gasteiger partial charge in [0.25, 0.3) is 0 Å². The second-order valence-electron chi connectivity index (χ2n) is 10.0. The molecule has 0 aliphatic heterocycles. The maximum absolute atomic E-state index is 12.1. The minimum atomic E-state index is -0.294. The van der Waals surface area contributed by atoms with Crippen molar-refractivity contribution in [3.63, 3.8) is 0 Å². The second kappa shape index (κ2) is 8.35. The fourth-order valence-corrected chi connectivity index (χ4v) is 6.90. The van der Waals surface area contributed by atoms with Gasteiger partial charge in [0.1, 0.15) is 0 Å². The Morgan fingerprint density at radius 2 is 1.93 bits per heavy atom. The summed E-state index contributed by atoms with van der Waals surface area (Å²) < 4.78 is 0. The number of carbonyl (C=O) groups is 1. The summed E-state index contributed by atoms with van der Waals surface area (Å²) in [6.45, 7) is 12.5. The largest absolute Gasteiger partial charge is 0.396 e. The predicted octanol–water partition coefficient (Wildman–Crippen LogP) is 3.46. The Morgan fingerprint density at radius 1 is 1.18 bits per heavy atom. The monoisotopic (exact) mass is 392 g/mol. The lowest BCUT2D eigenvalue weighted by molar-refractivity contribution is -0.0927. The van der Waals surface area contributed by atoms with Gasteiger partial charge in [0, 0.05) is 19.7 Å². The fraction of sp³-hybridized carbons (Fsp3) is 0.870. The van der Waals surface area contributed by atoms with Gasteiger partial charge in [-0.25, -0.2) is 4.79 Å². The number of fused-ring (bicyclic) bond motifs is 1. The van der Waals surface area contributed by atoms with E-state index in [-0.39, 0.29) is 35.5 Å². The van der Waals surface area contributed by atoms with Gasteiger partial charge in [-0.3, -0.25) is 0 Å². The van der Waals surface area contributed by atoms with Gasteiger partial charge in [-0.15, -0.1) is 0 Å². The first kappa shape index (κ1) is 21.6. The number of aliphatic hydroxyl groups is 2. The molecule has 0 saturated heterocycles. The maximum atomic E-state index is 12.1. The lowest BCUT2D eigenvalue weighted by Crippen LogP contribution is -2.54. The molecule has 4 N–H and O–H groups in total. The molecule has 0 aromatic carbocycles. The third-order valence-electron chi connectivity index (χ3n) is 8.80. The molecule has 0 unspecified atom stereocenters. The summed E-state index contributed by atoms with van der Waals surface area (Å²) >= 11 is 0. The zero-order valence-electron chi connectivity index (χ0n) is 18.0. The summed E-state index contributed by atoms with van der Waals surface area (Å²) in [4.78, 5) is 12.1. The molecule has 7 atom stereocenters. The molecular formula is C23H40N2O3. The molecule has 3 aliphatic rings. The molecule has 5 nitrogen and oxygen atoms in total. The number of urea groups is 1. The summed E-state index contributed by atoms with van der Waals surface area (Å²) in [5, 5.41) is 26.3. The molecule has 0 bridgehead atoms. The Hall–Kier alpha value is -1.07. The molecule has 0 aromatic heterocycles. The van der Waals surface area contributed by atoms with E-state index in [0.717, 1.165) is 38.5 Å². The lowest BCUT2D eigenvalue weighted by atomic mass is 9.49. The van der Waals surface area contributed by atoms with Crippen molar-refractivity contribution in [3.05, 3.63) is 12.2 Å². The Morgan fingerprint density at radius 3 is 2.61 bits per heavy atom. The highest BCUT2D eigenvalue weighted by Crippen LogP contribution is 2.63. The first-order chi connectivity index (χ1) is 13.3. The maximum Gasteiger partial charge on any atom is 0.314 e. The average Bonchev–Trinajstić information content (AvgIpc) is 2.97. The average molecular weight is 393 g/mol. The lowest BCUT2D eigenvalue weighted by Gasteiger charge is -2.56. The summed E-state index contributed by atoms with van der Waals surface area (Å²) in [5.74, 6) is 1.49. The van der Waals surface area contributed by atoms with Crippen LogP contribution in [0.25, 0.3) is 0 Å². The van der Waals surface area contributed by atoms with Crippen LogP contribution in [0.1, 0.15) is 65.7 Å². The van der Waals surface area contributed by atoms with Crippen molar-refractivity contribution >= 4 is 6.03 Å². The fourth-order valence-electron chi connectivity index (χ4n) is 6.90. The third kappa shape index (κ3) is 3.72. The van der Waals surface area contributed by atoms with E-state index in [4.69, 9.17) is 0 Å². The van der Waals surface area contributed by atoms with Crippen LogP contribution in [0.3, 0.4) is 0 Å². The SMILES string of the molecule is C=C1CC[C@H]2[C@H](CNC(=O)NCC)[C@H]([C@@]3(C)CC[C@H](O)C[C@@H]3CO)CC[C@]12C. The van der Waals surface area contributed by atoms with Crippen molar-refractivity contribution in [2.45, 2.75) is 71.8 Å². The van der Waals surface area contributed by atoms with Crippen LogP contribution in [-0.2, 0) is 0 Å². The van der Waals surface area contributed by atoms with Crippen LogP contribution in [0.5, 0.6) is 0 Å². The van der Waals surface area contributed by atoms with Crippen LogP contribution in [0.2, 0.25) is 0 Å². The predicted molar refractivity (Wildman–Crippen MR) is 112 cm³/mol. The number of hydrogen-bond donors (Lipinski definition) is 4. The highest BCUT2D eigenvalue weighted by atomic mass is 16.3. The molecule has 3 fully saturated rings. The summed E-state index contributed by atoms with van der Waals surface area (Å²) in [6.07, 6.45) is 6.65. The van der Waals surface area contributed by atoms with Crippen LogP contribution in [-0.4, -0.2) is 42.0 Å². The first-order valence-electron chi connectivity index (χ1n) is 11.2. The molecule has 2 amide bonds. The van der Waals surface area contributed by atoms with Crippen molar-refractivity contribution < 1.29 is 15.0 Å². The molecule has 3 rings (SSSR count). The third-order valence-corrected chi connectivity index (χ3v) is 8.80. The van der Waals surface area contributed by atoms with Gasteiger partial charge in [0.05, 0.1) is 6.10 Å². The Kier molecular flexibility index (Phi) is 6.45. The number of carbonyl (C=O) groups excluding carboxylic acids is 1. The molecule has 3 saturated carbocycles. The molecule has 0 spiro atoms. The molecule has 0 aromatic rings. The molecular weight excluding hydrogens is 352 g/mol. The van der Waals surface area contributed by atoms with Crippen LogP contribution in [0, 0.1) is 34.5 Å². The van der Waals surface area contributed by atoms with Gasteiger partial charge in [0.15, 0.2) is 0 Å². The zero-order valence-corrected chi connectivity index (χ0v) is 18.0. The van der Waals surface area contributed by atoms with E-state index in [1.54, 1.807) is 0 Å². The molecule has 28 heavy (non-hydrogen) atoms. The highest BCUT2D eigenvalue weighted by Gasteiger charge is 2.56. The van der Waals surface area contributed by atoms with Gasteiger partial charge in [-0.1, -0.05) is 26.0 Å². The standard InChI is InChI=1S/C23H40N2O3/c1-5-24-21(28)25-13-18-19-7-6-15(2)22(19,3)11-9-20(18)23(4)10-8-17(27)12-16(23)14-26/h16-20,26-27H,2,5-14H2,1,3-4H3,(H2,24,25,28)/t16-,17+,18+,19+,20-,22-,23+/m1/s1. The molecule has 5 heteroatoms. The van der Waals surface area contributed by atoms with Gasteiger partial charge >= 0.3 is 6.03 Å². The smallest absolute Gasteiger partial charge is 0.314 e. The quantitative estimate of drug-likeness (QED) is 0.541. The Balaban J connectivity index is 1.87. The normalized spacial score (nSPS) is 43.5. The second-order valence-corrected chi connectivity index (χ2v) is 10.0. The van der Waals surface area contributed by atoms with E-state index in [1.165, 1.54) is 5.57 Å². The van der Waals surface area contributed by atoms with E-state index >= 15 is 0 Å². The van der Waals surface area contributed by atoms with Crippen LogP contribution >= 0.6 is 0 Å². The van der Waals surface area contributed by atoms with Crippen molar-refractivity contribution in [2.24, 2.45) is 34.5 Å². The number of allylic oxidation sites excluding steroid dienone is 1. The molecule has 160 valence electrons. The Labute approximate surface area is 170 Å². The van der Waals surface area contributed by atoms with Gasteiger partial charge in [-0.05, 0) is 86.4 Å². The summed E-state index contributed by atoms with van der Waals surface area (Å²) in [6, 6.07) is -0.0896. The van der Waals surface area contributed by atoms with E-state index < -0.39 is 0 Å². The van der Waals surface area contributed by atoms with Crippen molar-refractivity contribution in [1.82, 2.24) is 10.6 Å². The van der Waals surface area contributed by atoms with Crippen LogP contribution in [0.4, 0.5) is 4.79 Å². The van der Waals surface area contributed by atoms with Gasteiger partial charge in [-0.2, -0.15) is 0 Å². The van der Waals surface area contributed by atoms with E-state index in [0.29, 0.717) is 37.3 Å². The molecule has 0 heterocycles. The van der Waals surface area contributed by atoms with E-state index in [2.05, 4.69) is 31.1 Å². The van der Waals surface area contributed by atoms with Gasteiger partial charge in [0.2, 0.25) is 0 Å². The number of aliphatic hydroxyl groups excluding tert-OH is 2. The first-order valence-corrected chi connectivity index (χ1v) is 11.2. The minimum absolute atomic E-state index is 0.00676. The highest BCUT2D eigenvalue weighted by molar-refractivity contribution is 5.73. The van der Waals surface area contributed by atoms with Crippen molar-refractivity contribution in [2.75, 3.05) is 19.7 Å². The summed E-state index contributed by atoms with van der Waals surface area (Å²) in [5.41, 5.74) is 1.55. The van der Waals surface area contributed by atoms with Crippen LogP contribution < -0.4 is 10.6 Å². The number of amides is 2.